The van der Waals surface area contributed by atoms with Crippen molar-refractivity contribution < 1.29 is 23.0 Å². The van der Waals surface area contributed by atoms with E-state index < -0.39 is 11.6 Å². The van der Waals surface area contributed by atoms with Crippen molar-refractivity contribution in [1.82, 2.24) is 15.0 Å². The van der Waals surface area contributed by atoms with Gasteiger partial charge in [0.15, 0.2) is 29.0 Å². The Morgan fingerprint density at radius 2 is 1.82 bits per heavy atom. The van der Waals surface area contributed by atoms with Crippen LogP contribution in [0.15, 0.2) is 18.3 Å². The van der Waals surface area contributed by atoms with Gasteiger partial charge in [-0.1, -0.05) is 0 Å². The monoisotopic (exact) mass is 457 g/mol. The molecule has 1 aromatic carbocycles. The molecule has 10 heteroatoms. The molecule has 2 saturated heterocycles. The number of nitrogens with zero attached hydrogens (tertiary/aromatic N) is 4. The maximum Gasteiger partial charge on any atom is 0.223 e. The van der Waals surface area contributed by atoms with Crippen LogP contribution in [0.4, 0.5) is 20.5 Å². The summed E-state index contributed by atoms with van der Waals surface area (Å²) in [6, 6.07) is 2.91. The third-order valence-electron chi connectivity index (χ3n) is 6.03. The van der Waals surface area contributed by atoms with Gasteiger partial charge in [-0.2, -0.15) is 0 Å². The molecule has 1 atom stereocenters. The average molecular weight is 457 g/mol. The van der Waals surface area contributed by atoms with E-state index in [1.54, 1.807) is 12.3 Å². The molecule has 0 saturated carbocycles. The first kappa shape index (κ1) is 21.6. The summed E-state index contributed by atoms with van der Waals surface area (Å²) < 4.78 is 46.0. The van der Waals surface area contributed by atoms with Crippen molar-refractivity contribution in [2.45, 2.75) is 25.3 Å². The first-order valence-corrected chi connectivity index (χ1v) is 11.0. The van der Waals surface area contributed by atoms with Crippen LogP contribution in [-0.4, -0.2) is 61.5 Å². The zero-order valence-corrected chi connectivity index (χ0v) is 18.5. The van der Waals surface area contributed by atoms with E-state index in [4.69, 9.17) is 19.2 Å². The lowest BCUT2D eigenvalue weighted by atomic mass is 10.1. The number of benzene rings is 1. The van der Waals surface area contributed by atoms with Crippen LogP contribution in [0.2, 0.25) is 0 Å². The van der Waals surface area contributed by atoms with Crippen LogP contribution in [0.3, 0.4) is 0 Å². The Morgan fingerprint density at radius 3 is 2.42 bits per heavy atom. The molecule has 5 rings (SSSR count). The third kappa shape index (κ3) is 3.99. The van der Waals surface area contributed by atoms with E-state index >= 15 is 8.78 Å². The van der Waals surface area contributed by atoms with Gasteiger partial charge in [0.2, 0.25) is 5.95 Å². The molecule has 0 aliphatic carbocycles. The zero-order chi connectivity index (χ0) is 22.9. The molecule has 2 aliphatic rings. The number of anilines is 2. The van der Waals surface area contributed by atoms with Crippen molar-refractivity contribution >= 4 is 22.7 Å². The van der Waals surface area contributed by atoms with E-state index in [1.807, 2.05) is 4.90 Å². The molecule has 1 N–H and O–H groups in total. The molecule has 3 aromatic rings. The molecule has 0 bridgehead atoms. The van der Waals surface area contributed by atoms with Crippen LogP contribution in [0, 0.1) is 11.6 Å². The van der Waals surface area contributed by atoms with Crippen molar-refractivity contribution in [1.29, 1.82) is 0 Å². The highest BCUT2D eigenvalue weighted by molar-refractivity contribution is 5.92. The number of ether oxygens (including phenoxy) is 3. The van der Waals surface area contributed by atoms with Gasteiger partial charge in [0, 0.05) is 37.3 Å². The quantitative estimate of drug-likeness (QED) is 0.599. The summed E-state index contributed by atoms with van der Waals surface area (Å²) in [5, 5.41) is 3.96. The highest BCUT2D eigenvalue weighted by atomic mass is 19.1. The van der Waals surface area contributed by atoms with Crippen molar-refractivity contribution in [3.05, 3.63) is 30.0 Å². The predicted octanol–water partition coefficient (Wildman–Crippen LogP) is 3.79. The summed E-state index contributed by atoms with van der Waals surface area (Å²) in [5.74, 6) is -0.876. The van der Waals surface area contributed by atoms with Gasteiger partial charge in [0.1, 0.15) is 5.52 Å². The summed E-state index contributed by atoms with van der Waals surface area (Å²) in [6.07, 6.45) is 4.62. The summed E-state index contributed by atoms with van der Waals surface area (Å²) in [5.41, 5.74) is 0.446. The first-order chi connectivity index (χ1) is 16.1. The number of aromatic nitrogens is 3. The summed E-state index contributed by atoms with van der Waals surface area (Å²) in [6.45, 7) is 2.96. The van der Waals surface area contributed by atoms with E-state index in [0.717, 1.165) is 39.0 Å². The number of nitrogens with one attached hydrogen (secondary N) is 1. The van der Waals surface area contributed by atoms with E-state index in [-0.39, 0.29) is 28.8 Å². The number of halogens is 2. The molecule has 2 aromatic heterocycles. The van der Waals surface area contributed by atoms with Gasteiger partial charge >= 0.3 is 0 Å². The molecule has 0 spiro atoms. The Hall–Kier alpha value is -3.27. The molecule has 0 unspecified atom stereocenters. The Morgan fingerprint density at radius 1 is 1.06 bits per heavy atom. The Kier molecular flexibility index (Phi) is 5.84. The Labute approximate surface area is 189 Å². The van der Waals surface area contributed by atoms with Crippen molar-refractivity contribution in [3.8, 4) is 22.8 Å². The SMILES string of the molecule is COc1cc(OC)c(F)c(-c2cc3cnc(N[C@H]4CCCOC4)nc3c(N3CCC3)n2)c1F. The molecule has 4 heterocycles. The summed E-state index contributed by atoms with van der Waals surface area (Å²) >= 11 is 0. The highest BCUT2D eigenvalue weighted by Gasteiger charge is 2.26. The third-order valence-corrected chi connectivity index (χ3v) is 6.03. The molecule has 8 nitrogen and oxygen atoms in total. The van der Waals surface area contributed by atoms with Crippen LogP contribution >= 0.6 is 0 Å². The van der Waals surface area contributed by atoms with Gasteiger partial charge in [-0.05, 0) is 25.3 Å². The second-order valence-electron chi connectivity index (χ2n) is 8.15. The zero-order valence-electron chi connectivity index (χ0n) is 18.5. The first-order valence-electron chi connectivity index (χ1n) is 11.0. The minimum absolute atomic E-state index is 0.124. The topological polar surface area (TPSA) is 81.6 Å². The fourth-order valence-corrected chi connectivity index (χ4v) is 4.12. The molecular weight excluding hydrogens is 432 g/mol. The van der Waals surface area contributed by atoms with Crippen LogP contribution in [0.25, 0.3) is 22.2 Å². The van der Waals surface area contributed by atoms with Gasteiger partial charge in [-0.3, -0.25) is 0 Å². The molecular formula is C23H25F2N5O3. The minimum atomic E-state index is -0.839. The second kappa shape index (κ2) is 8.93. The number of pyridine rings is 1. The van der Waals surface area contributed by atoms with E-state index in [9.17, 15) is 0 Å². The van der Waals surface area contributed by atoms with E-state index in [2.05, 4.69) is 15.3 Å². The lowest BCUT2D eigenvalue weighted by Crippen LogP contribution is -2.38. The van der Waals surface area contributed by atoms with Crippen molar-refractivity contribution in [2.24, 2.45) is 0 Å². The fraction of sp³-hybridized carbons (Fsp3) is 0.435. The smallest absolute Gasteiger partial charge is 0.223 e. The minimum Gasteiger partial charge on any atom is -0.494 e. The number of rotatable bonds is 6. The lowest BCUT2D eigenvalue weighted by Gasteiger charge is -2.33. The van der Waals surface area contributed by atoms with Gasteiger partial charge in [-0.15, -0.1) is 0 Å². The number of fused-ring (bicyclic) bond motifs is 1. The molecule has 33 heavy (non-hydrogen) atoms. The van der Waals surface area contributed by atoms with Crippen molar-refractivity contribution in [2.75, 3.05) is 50.7 Å². The molecule has 2 aliphatic heterocycles. The molecule has 0 radical (unpaired) electrons. The van der Waals surface area contributed by atoms with E-state index in [0.29, 0.717) is 29.3 Å². The largest absolute Gasteiger partial charge is 0.494 e. The van der Waals surface area contributed by atoms with Crippen LogP contribution in [-0.2, 0) is 4.74 Å². The van der Waals surface area contributed by atoms with Gasteiger partial charge in [-0.25, -0.2) is 23.7 Å². The molecule has 0 amide bonds. The normalized spacial score (nSPS) is 18.2. The fourth-order valence-electron chi connectivity index (χ4n) is 4.12. The summed E-state index contributed by atoms with van der Waals surface area (Å²) in [4.78, 5) is 15.8. The maximum absolute atomic E-state index is 15.2. The number of hydrogen-bond acceptors (Lipinski definition) is 8. The number of hydrogen-bond donors (Lipinski definition) is 1. The van der Waals surface area contributed by atoms with E-state index in [1.165, 1.54) is 20.3 Å². The van der Waals surface area contributed by atoms with Gasteiger partial charge < -0.3 is 24.4 Å². The lowest BCUT2D eigenvalue weighted by molar-refractivity contribution is 0.0874. The average Bonchev–Trinajstić information content (AvgIpc) is 2.79. The molecule has 174 valence electrons. The maximum atomic E-state index is 15.2. The van der Waals surface area contributed by atoms with Gasteiger partial charge in [0.05, 0.1) is 38.1 Å². The second-order valence-corrected chi connectivity index (χ2v) is 8.15. The van der Waals surface area contributed by atoms with Crippen molar-refractivity contribution in [3.63, 3.8) is 0 Å². The Balaban J connectivity index is 1.62. The van der Waals surface area contributed by atoms with Gasteiger partial charge in [0.25, 0.3) is 0 Å². The standard InChI is InChI=1S/C23H25F2N5O3/c1-31-16-10-17(32-2)20(25)18(19(16)24)15-9-13-11-26-23(27-14-5-3-8-33-12-14)29-21(13)22(28-15)30-6-4-7-30/h9-11,14H,3-8,12H2,1-2H3,(H,26,27,29)/t14-/m0/s1. The Bertz CT molecular complexity index is 1150. The predicted molar refractivity (Wildman–Crippen MR) is 120 cm³/mol. The molecule has 2 fully saturated rings. The van der Waals surface area contributed by atoms with Crippen LogP contribution in [0.1, 0.15) is 19.3 Å². The van der Waals surface area contributed by atoms with Crippen LogP contribution < -0.4 is 19.7 Å². The van der Waals surface area contributed by atoms with Crippen LogP contribution in [0.5, 0.6) is 11.5 Å². The summed E-state index contributed by atoms with van der Waals surface area (Å²) in [7, 11) is 2.64. The highest BCUT2D eigenvalue weighted by Crippen LogP contribution is 2.39. The number of methoxy groups -OCH3 is 2.